The minimum Gasteiger partial charge on any atom is -0.457 e. The maximum absolute atomic E-state index is 11.8. The monoisotopic (exact) mass is 357 g/mol. The van der Waals surface area contributed by atoms with Gasteiger partial charge in [0.15, 0.2) is 5.11 Å². The first-order valence-corrected chi connectivity index (χ1v) is 7.49. The summed E-state index contributed by atoms with van der Waals surface area (Å²) in [5.41, 5.74) is 1.20. The Labute approximate surface area is 146 Å². The zero-order chi connectivity index (χ0) is 18.1. The molecule has 1 aromatic carbocycles. The number of furan rings is 1. The number of thiocarbonyl (C=S) groups is 1. The summed E-state index contributed by atoms with van der Waals surface area (Å²) in [4.78, 5) is 34.0. The molecule has 25 heavy (non-hydrogen) atoms. The van der Waals surface area contributed by atoms with E-state index in [4.69, 9.17) is 16.6 Å². The number of carbonyl (C=O) groups excluding carboxylic acids is 2. The third-order valence-electron chi connectivity index (χ3n) is 3.54. The SMILES string of the molecule is Cc1cc([N+](=O)[O-])ccc1-c1ccc(C=C2C(=O)NC(=S)NC2=O)o1. The summed E-state index contributed by atoms with van der Waals surface area (Å²) in [7, 11) is 0. The van der Waals surface area contributed by atoms with Crippen LogP contribution in [0.1, 0.15) is 11.3 Å². The molecule has 0 radical (unpaired) electrons. The highest BCUT2D eigenvalue weighted by molar-refractivity contribution is 7.80. The Morgan fingerprint density at radius 1 is 1.16 bits per heavy atom. The van der Waals surface area contributed by atoms with Gasteiger partial charge in [-0.2, -0.15) is 0 Å². The van der Waals surface area contributed by atoms with Crippen LogP contribution in [-0.4, -0.2) is 21.9 Å². The molecule has 0 atom stereocenters. The fourth-order valence-corrected chi connectivity index (χ4v) is 2.55. The lowest BCUT2D eigenvalue weighted by molar-refractivity contribution is -0.384. The van der Waals surface area contributed by atoms with E-state index in [2.05, 4.69) is 10.6 Å². The summed E-state index contributed by atoms with van der Waals surface area (Å²) >= 11 is 4.73. The summed E-state index contributed by atoms with van der Waals surface area (Å²) in [5.74, 6) is -0.469. The standard InChI is InChI=1S/C16H11N3O5S/c1-8-6-9(19(22)23)2-4-11(8)13-5-3-10(24-13)7-12-14(20)17-16(25)18-15(12)21/h2-7H,1H3,(H2,17,18,20,21,25). The van der Waals surface area contributed by atoms with Gasteiger partial charge < -0.3 is 4.42 Å². The van der Waals surface area contributed by atoms with Crippen molar-refractivity contribution in [1.29, 1.82) is 0 Å². The van der Waals surface area contributed by atoms with Crippen LogP contribution in [0.5, 0.6) is 0 Å². The minimum atomic E-state index is -0.613. The van der Waals surface area contributed by atoms with Gasteiger partial charge in [0.1, 0.15) is 17.1 Å². The molecule has 0 saturated carbocycles. The minimum absolute atomic E-state index is 0.0123. The number of amides is 2. The lowest BCUT2D eigenvalue weighted by Gasteiger charge is -2.15. The quantitative estimate of drug-likeness (QED) is 0.286. The van der Waals surface area contributed by atoms with Crippen molar-refractivity contribution in [3.8, 4) is 11.3 Å². The molecule has 126 valence electrons. The Balaban J connectivity index is 1.92. The molecular weight excluding hydrogens is 346 g/mol. The summed E-state index contributed by atoms with van der Waals surface area (Å²) in [6, 6.07) is 7.66. The molecular formula is C16H11N3O5S. The van der Waals surface area contributed by atoms with Crippen LogP contribution in [0, 0.1) is 17.0 Å². The average molecular weight is 357 g/mol. The van der Waals surface area contributed by atoms with E-state index in [9.17, 15) is 19.7 Å². The molecule has 1 aliphatic heterocycles. The summed E-state index contributed by atoms with van der Waals surface area (Å²) in [6.45, 7) is 1.73. The number of rotatable bonds is 3. The molecule has 1 saturated heterocycles. The highest BCUT2D eigenvalue weighted by Crippen LogP contribution is 2.29. The molecule has 1 fully saturated rings. The van der Waals surface area contributed by atoms with E-state index in [1.165, 1.54) is 18.2 Å². The van der Waals surface area contributed by atoms with Gasteiger partial charge in [-0.3, -0.25) is 30.3 Å². The van der Waals surface area contributed by atoms with Crippen LogP contribution in [0.4, 0.5) is 5.69 Å². The number of hydrogen-bond donors (Lipinski definition) is 2. The fraction of sp³-hybridized carbons (Fsp3) is 0.0625. The van der Waals surface area contributed by atoms with Gasteiger partial charge in [0.2, 0.25) is 0 Å². The van der Waals surface area contributed by atoms with Crippen molar-refractivity contribution in [1.82, 2.24) is 10.6 Å². The summed E-state index contributed by atoms with van der Waals surface area (Å²) < 4.78 is 5.64. The van der Waals surface area contributed by atoms with Gasteiger partial charge in [0.05, 0.1) is 4.92 Å². The maximum Gasteiger partial charge on any atom is 0.269 e. The van der Waals surface area contributed by atoms with E-state index in [0.29, 0.717) is 22.6 Å². The molecule has 0 unspecified atom stereocenters. The number of aryl methyl sites for hydroxylation is 1. The second-order valence-corrected chi connectivity index (χ2v) is 5.66. The molecule has 8 nitrogen and oxygen atoms in total. The van der Waals surface area contributed by atoms with Crippen LogP contribution >= 0.6 is 12.2 Å². The largest absolute Gasteiger partial charge is 0.457 e. The molecule has 0 spiro atoms. The maximum atomic E-state index is 11.8. The predicted molar refractivity (Wildman–Crippen MR) is 92.4 cm³/mol. The molecule has 2 aromatic rings. The zero-order valence-electron chi connectivity index (χ0n) is 12.9. The van der Waals surface area contributed by atoms with Crippen molar-refractivity contribution in [2.75, 3.05) is 0 Å². The molecule has 0 aliphatic carbocycles. The van der Waals surface area contributed by atoms with Crippen LogP contribution in [0.25, 0.3) is 17.4 Å². The first kappa shape index (κ1) is 16.5. The van der Waals surface area contributed by atoms with Crippen LogP contribution in [-0.2, 0) is 9.59 Å². The molecule has 9 heteroatoms. The molecule has 2 heterocycles. The van der Waals surface area contributed by atoms with Crippen molar-refractivity contribution in [2.45, 2.75) is 6.92 Å². The Morgan fingerprint density at radius 3 is 2.44 bits per heavy atom. The molecule has 3 rings (SSSR count). The number of nitro benzene ring substituents is 1. The third kappa shape index (κ3) is 3.31. The highest BCUT2D eigenvalue weighted by Gasteiger charge is 2.26. The zero-order valence-corrected chi connectivity index (χ0v) is 13.7. The van der Waals surface area contributed by atoms with Crippen molar-refractivity contribution in [2.24, 2.45) is 0 Å². The average Bonchev–Trinajstić information content (AvgIpc) is 2.99. The van der Waals surface area contributed by atoms with E-state index in [1.807, 2.05) is 0 Å². The molecule has 2 amide bonds. The summed E-state index contributed by atoms with van der Waals surface area (Å²) in [5, 5.41) is 15.4. The number of carbonyl (C=O) groups is 2. The second kappa shape index (κ2) is 6.29. The van der Waals surface area contributed by atoms with Crippen molar-refractivity contribution in [3.05, 3.63) is 57.3 Å². The normalized spacial score (nSPS) is 14.1. The van der Waals surface area contributed by atoms with E-state index in [-0.39, 0.29) is 16.4 Å². The topological polar surface area (TPSA) is 114 Å². The van der Waals surface area contributed by atoms with Gasteiger partial charge >= 0.3 is 0 Å². The Bertz CT molecular complexity index is 938. The Kier molecular flexibility index (Phi) is 4.15. The second-order valence-electron chi connectivity index (χ2n) is 5.25. The van der Waals surface area contributed by atoms with Crippen molar-refractivity contribution < 1.29 is 18.9 Å². The van der Waals surface area contributed by atoms with E-state index in [0.717, 1.165) is 0 Å². The van der Waals surface area contributed by atoms with Crippen LogP contribution in [0.2, 0.25) is 0 Å². The lowest BCUT2D eigenvalue weighted by Crippen LogP contribution is -2.51. The van der Waals surface area contributed by atoms with Crippen LogP contribution in [0.3, 0.4) is 0 Å². The fourth-order valence-electron chi connectivity index (χ4n) is 2.36. The lowest BCUT2D eigenvalue weighted by atomic mass is 10.1. The van der Waals surface area contributed by atoms with Crippen LogP contribution < -0.4 is 10.6 Å². The third-order valence-corrected chi connectivity index (χ3v) is 3.75. The van der Waals surface area contributed by atoms with Gasteiger partial charge in [-0.25, -0.2) is 0 Å². The summed E-state index contributed by atoms with van der Waals surface area (Å²) in [6.07, 6.45) is 1.30. The number of nitro groups is 1. The molecule has 2 N–H and O–H groups in total. The van der Waals surface area contributed by atoms with Crippen molar-refractivity contribution in [3.63, 3.8) is 0 Å². The van der Waals surface area contributed by atoms with Gasteiger partial charge in [0.25, 0.3) is 17.5 Å². The smallest absolute Gasteiger partial charge is 0.269 e. The first-order chi connectivity index (χ1) is 11.8. The number of nitrogens with zero attached hydrogens (tertiary/aromatic N) is 1. The Morgan fingerprint density at radius 2 is 1.84 bits per heavy atom. The molecule has 0 bridgehead atoms. The van der Waals surface area contributed by atoms with Gasteiger partial charge in [0, 0.05) is 17.7 Å². The number of hydrogen-bond acceptors (Lipinski definition) is 6. The van der Waals surface area contributed by atoms with E-state index >= 15 is 0 Å². The molecule has 1 aromatic heterocycles. The van der Waals surface area contributed by atoms with Gasteiger partial charge in [-0.15, -0.1) is 0 Å². The van der Waals surface area contributed by atoms with Crippen LogP contribution in [0.15, 0.2) is 40.3 Å². The highest BCUT2D eigenvalue weighted by atomic mass is 32.1. The number of nitrogens with one attached hydrogen (secondary N) is 2. The van der Waals surface area contributed by atoms with E-state index in [1.54, 1.807) is 25.1 Å². The van der Waals surface area contributed by atoms with Gasteiger partial charge in [-0.05, 0) is 49.0 Å². The Hall–Kier alpha value is -3.33. The van der Waals surface area contributed by atoms with E-state index < -0.39 is 16.7 Å². The van der Waals surface area contributed by atoms with Crippen molar-refractivity contribution >= 4 is 40.9 Å². The first-order valence-electron chi connectivity index (χ1n) is 7.09. The molecule has 1 aliphatic rings. The number of non-ortho nitro benzene ring substituents is 1. The number of benzene rings is 1. The van der Waals surface area contributed by atoms with Gasteiger partial charge in [-0.1, -0.05) is 0 Å². The predicted octanol–water partition coefficient (Wildman–Crippen LogP) is 2.08.